The van der Waals surface area contributed by atoms with Crippen LogP contribution in [-0.2, 0) is 0 Å². The number of aliphatic imine (C=N–C) groups is 1. The van der Waals surface area contributed by atoms with Crippen LogP contribution in [0.4, 0.5) is 10.1 Å². The predicted molar refractivity (Wildman–Crippen MR) is 116 cm³/mol. The molecule has 4 N–H and O–H groups in total. The Bertz CT molecular complexity index is 1160. The van der Waals surface area contributed by atoms with Gasteiger partial charge in [0.1, 0.15) is 11.6 Å². The maximum absolute atomic E-state index is 13.1. The first-order valence-corrected chi connectivity index (χ1v) is 9.36. The SMILES string of the molecule is COc1ccc(C(=O)NC(=Nc2ccc(C(N)=O)cc2)NC(=O)c2ccc(F)cc2)cc1. The van der Waals surface area contributed by atoms with Gasteiger partial charge in [0.15, 0.2) is 0 Å². The molecule has 3 rings (SSSR count). The molecule has 0 saturated carbocycles. The minimum atomic E-state index is -0.604. The summed E-state index contributed by atoms with van der Waals surface area (Å²) in [5.41, 5.74) is 6.33. The number of nitrogens with two attached hydrogens (primary N) is 1. The van der Waals surface area contributed by atoms with Crippen molar-refractivity contribution in [1.82, 2.24) is 10.6 Å². The number of benzene rings is 3. The molecule has 0 spiro atoms. The van der Waals surface area contributed by atoms with Crippen LogP contribution in [0.5, 0.6) is 5.75 Å². The summed E-state index contributed by atoms with van der Waals surface area (Å²) in [6.07, 6.45) is 0. The number of guanidine groups is 1. The molecule has 32 heavy (non-hydrogen) atoms. The van der Waals surface area contributed by atoms with E-state index in [2.05, 4.69) is 15.6 Å². The minimum Gasteiger partial charge on any atom is -0.497 e. The fourth-order valence-corrected chi connectivity index (χ4v) is 2.62. The summed E-state index contributed by atoms with van der Waals surface area (Å²) in [5, 5.41) is 5.04. The molecule has 0 aliphatic heterocycles. The molecule has 0 aliphatic rings. The van der Waals surface area contributed by atoms with E-state index in [0.717, 1.165) is 12.1 Å². The van der Waals surface area contributed by atoms with Crippen molar-refractivity contribution in [2.45, 2.75) is 0 Å². The average Bonchev–Trinajstić information content (AvgIpc) is 2.79. The molecular weight excluding hydrogens is 415 g/mol. The molecule has 9 heteroatoms. The van der Waals surface area contributed by atoms with Crippen molar-refractivity contribution in [3.63, 3.8) is 0 Å². The zero-order valence-electron chi connectivity index (χ0n) is 17.0. The van der Waals surface area contributed by atoms with Crippen LogP contribution in [0.2, 0.25) is 0 Å². The molecule has 0 aliphatic carbocycles. The van der Waals surface area contributed by atoms with E-state index in [0.29, 0.717) is 17.0 Å². The van der Waals surface area contributed by atoms with Crippen molar-refractivity contribution >= 4 is 29.4 Å². The fraction of sp³-hybridized carbons (Fsp3) is 0.0435. The predicted octanol–water partition coefficient (Wildman–Crippen LogP) is 2.78. The lowest BCUT2D eigenvalue weighted by Crippen LogP contribution is -2.43. The third kappa shape index (κ3) is 5.76. The highest BCUT2D eigenvalue weighted by molar-refractivity contribution is 6.13. The Kier molecular flexibility index (Phi) is 6.92. The number of primary amides is 1. The number of halogens is 1. The summed E-state index contributed by atoms with van der Waals surface area (Å²) in [4.78, 5) is 40.7. The van der Waals surface area contributed by atoms with Gasteiger partial charge in [0, 0.05) is 16.7 Å². The van der Waals surface area contributed by atoms with Crippen molar-refractivity contribution < 1.29 is 23.5 Å². The van der Waals surface area contributed by atoms with E-state index in [1.54, 1.807) is 24.3 Å². The maximum atomic E-state index is 13.1. The number of ether oxygens (including phenoxy) is 1. The molecule has 0 fully saturated rings. The molecule has 8 nitrogen and oxygen atoms in total. The second-order valence-electron chi connectivity index (χ2n) is 6.52. The summed E-state index contributed by atoms with van der Waals surface area (Å²) in [7, 11) is 1.51. The molecular formula is C23H19FN4O4. The van der Waals surface area contributed by atoms with Crippen LogP contribution in [0.1, 0.15) is 31.1 Å². The fourth-order valence-electron chi connectivity index (χ4n) is 2.62. The van der Waals surface area contributed by atoms with E-state index in [4.69, 9.17) is 10.5 Å². The summed E-state index contributed by atoms with van der Waals surface area (Å²) in [6, 6.07) is 17.2. The van der Waals surface area contributed by atoms with Gasteiger partial charge in [0.25, 0.3) is 11.8 Å². The molecule has 0 heterocycles. The molecule has 0 radical (unpaired) electrons. The van der Waals surface area contributed by atoms with Crippen molar-refractivity contribution in [2.75, 3.05) is 7.11 Å². The van der Waals surface area contributed by atoms with Gasteiger partial charge in [-0.2, -0.15) is 0 Å². The van der Waals surface area contributed by atoms with E-state index in [9.17, 15) is 18.8 Å². The first-order chi connectivity index (χ1) is 15.4. The number of carbonyl (C=O) groups excluding carboxylic acids is 3. The molecule has 3 aromatic carbocycles. The Morgan fingerprint density at radius 1 is 0.781 bits per heavy atom. The molecule has 0 bridgehead atoms. The van der Waals surface area contributed by atoms with Gasteiger partial charge in [-0.1, -0.05) is 0 Å². The maximum Gasteiger partial charge on any atom is 0.257 e. The molecule has 3 amide bonds. The molecule has 162 valence electrons. The summed E-state index contributed by atoms with van der Waals surface area (Å²) in [5.74, 6) is -1.80. The van der Waals surface area contributed by atoms with E-state index < -0.39 is 23.5 Å². The summed E-state index contributed by atoms with van der Waals surface area (Å²) in [6.45, 7) is 0. The Morgan fingerprint density at radius 3 is 1.72 bits per heavy atom. The number of amides is 3. The molecule has 0 unspecified atom stereocenters. The van der Waals surface area contributed by atoms with Gasteiger partial charge < -0.3 is 10.5 Å². The van der Waals surface area contributed by atoms with Crippen molar-refractivity contribution in [2.24, 2.45) is 10.7 Å². The van der Waals surface area contributed by atoms with Gasteiger partial charge >= 0.3 is 0 Å². The van der Waals surface area contributed by atoms with Gasteiger partial charge in [-0.25, -0.2) is 9.38 Å². The highest BCUT2D eigenvalue weighted by Gasteiger charge is 2.14. The van der Waals surface area contributed by atoms with E-state index in [1.807, 2.05) is 0 Å². The molecule has 0 saturated heterocycles. The number of hydrogen-bond donors (Lipinski definition) is 3. The van der Waals surface area contributed by atoms with Crippen LogP contribution < -0.4 is 21.1 Å². The number of nitrogens with one attached hydrogen (secondary N) is 2. The van der Waals surface area contributed by atoms with Gasteiger partial charge in [-0.05, 0) is 72.8 Å². The highest BCUT2D eigenvalue weighted by atomic mass is 19.1. The van der Waals surface area contributed by atoms with Crippen LogP contribution in [0.3, 0.4) is 0 Å². The lowest BCUT2D eigenvalue weighted by molar-refractivity contribution is 0.0963. The van der Waals surface area contributed by atoms with E-state index in [-0.39, 0.29) is 17.1 Å². The Hall–Kier alpha value is -4.53. The minimum absolute atomic E-state index is 0.160. The highest BCUT2D eigenvalue weighted by Crippen LogP contribution is 2.14. The van der Waals surface area contributed by atoms with Crippen LogP contribution in [0.15, 0.2) is 77.8 Å². The number of hydrogen-bond acceptors (Lipinski definition) is 5. The number of methoxy groups -OCH3 is 1. The number of rotatable bonds is 5. The number of carbonyl (C=O) groups is 3. The third-order valence-corrected chi connectivity index (χ3v) is 4.32. The summed E-state index contributed by atoms with van der Waals surface area (Å²) >= 11 is 0. The Labute approximate surface area is 182 Å². The molecule has 3 aromatic rings. The Morgan fingerprint density at radius 2 is 1.25 bits per heavy atom. The lowest BCUT2D eigenvalue weighted by Gasteiger charge is -2.11. The Balaban J connectivity index is 1.86. The van der Waals surface area contributed by atoms with Gasteiger partial charge in [0.05, 0.1) is 12.8 Å². The quantitative estimate of drug-likeness (QED) is 0.422. The van der Waals surface area contributed by atoms with E-state index >= 15 is 0 Å². The van der Waals surface area contributed by atoms with Gasteiger partial charge in [-0.3, -0.25) is 25.0 Å². The first kappa shape index (κ1) is 22.2. The first-order valence-electron chi connectivity index (χ1n) is 9.36. The molecule has 0 aromatic heterocycles. The van der Waals surface area contributed by atoms with Crippen LogP contribution in [-0.4, -0.2) is 30.8 Å². The lowest BCUT2D eigenvalue weighted by atomic mass is 10.2. The van der Waals surface area contributed by atoms with Crippen LogP contribution in [0, 0.1) is 5.82 Å². The van der Waals surface area contributed by atoms with Crippen LogP contribution >= 0.6 is 0 Å². The topological polar surface area (TPSA) is 123 Å². The van der Waals surface area contributed by atoms with Crippen molar-refractivity contribution in [3.8, 4) is 5.75 Å². The monoisotopic (exact) mass is 434 g/mol. The van der Waals surface area contributed by atoms with Crippen molar-refractivity contribution in [3.05, 3.63) is 95.3 Å². The standard InChI is InChI=1S/C23H19FN4O4/c1-32-19-12-6-16(7-13-19)22(31)28-23(26-18-10-4-14(5-11-18)20(25)29)27-21(30)15-2-8-17(24)9-3-15/h2-13H,1H3,(H2,25,29)(H2,26,27,28,30,31). The zero-order chi connectivity index (χ0) is 23.1. The van der Waals surface area contributed by atoms with Crippen molar-refractivity contribution in [1.29, 1.82) is 0 Å². The summed E-state index contributed by atoms with van der Waals surface area (Å²) < 4.78 is 18.2. The van der Waals surface area contributed by atoms with E-state index in [1.165, 1.54) is 43.5 Å². The second kappa shape index (κ2) is 9.98. The van der Waals surface area contributed by atoms with Gasteiger partial charge in [0.2, 0.25) is 11.9 Å². The third-order valence-electron chi connectivity index (χ3n) is 4.32. The largest absolute Gasteiger partial charge is 0.497 e. The average molecular weight is 434 g/mol. The second-order valence-corrected chi connectivity index (χ2v) is 6.52. The van der Waals surface area contributed by atoms with Crippen LogP contribution in [0.25, 0.3) is 0 Å². The zero-order valence-corrected chi connectivity index (χ0v) is 17.0. The normalized spacial score (nSPS) is 10.9. The smallest absolute Gasteiger partial charge is 0.257 e. The van der Waals surface area contributed by atoms with Gasteiger partial charge in [-0.15, -0.1) is 0 Å². The molecule has 0 atom stereocenters. The number of nitrogens with zero attached hydrogens (tertiary/aromatic N) is 1.